The number of benzene rings is 4. The van der Waals surface area contributed by atoms with Gasteiger partial charge < -0.3 is 14.2 Å². The van der Waals surface area contributed by atoms with Crippen LogP contribution in [0.4, 0.5) is 0 Å². The molecular weight excluding hydrogens is 536 g/mol. The van der Waals surface area contributed by atoms with Gasteiger partial charge in [-0.25, -0.2) is 9.59 Å². The number of rotatable bonds is 9. The van der Waals surface area contributed by atoms with Gasteiger partial charge in [-0.05, 0) is 64.2 Å². The van der Waals surface area contributed by atoms with Gasteiger partial charge in [0.25, 0.3) is 16.6 Å². The molecule has 204 valence electrons. The summed E-state index contributed by atoms with van der Waals surface area (Å²) in [6, 6.07) is 22.6. The summed E-state index contributed by atoms with van der Waals surface area (Å²) in [5.74, 6) is -1.06. The van der Waals surface area contributed by atoms with Gasteiger partial charge in [0.2, 0.25) is 0 Å². The van der Waals surface area contributed by atoms with Gasteiger partial charge in [-0.3, -0.25) is 9.35 Å². The van der Waals surface area contributed by atoms with E-state index < -0.39 is 22.1 Å². The van der Waals surface area contributed by atoms with E-state index in [0.29, 0.717) is 39.9 Å². The quantitative estimate of drug-likeness (QED) is 0.127. The van der Waals surface area contributed by atoms with Crippen molar-refractivity contribution in [2.24, 2.45) is 0 Å². The summed E-state index contributed by atoms with van der Waals surface area (Å²) in [5, 5.41) is 0. The van der Waals surface area contributed by atoms with Crippen molar-refractivity contribution in [3.63, 3.8) is 0 Å². The molecule has 0 aliphatic heterocycles. The molecule has 4 aromatic carbocycles. The van der Waals surface area contributed by atoms with Crippen LogP contribution in [0.1, 0.15) is 26.3 Å². The third kappa shape index (κ3) is 6.09. The molecular formula is C30H24O9S. The van der Waals surface area contributed by atoms with Crippen molar-refractivity contribution >= 4 is 28.5 Å². The SMILES string of the molecule is COC(=O)c1ccc(-c2cc(-c3ccc(COC=O)cc3)c(S(=O)(=O)O)c(-c3ccc(C(=O)OC)cc3)c2)cc1. The largest absolute Gasteiger partial charge is 0.465 e. The van der Waals surface area contributed by atoms with Crippen LogP contribution in [0, 0.1) is 0 Å². The van der Waals surface area contributed by atoms with Crippen molar-refractivity contribution in [1.82, 2.24) is 0 Å². The van der Waals surface area contributed by atoms with Crippen LogP contribution in [-0.4, -0.2) is 45.6 Å². The fourth-order valence-corrected chi connectivity index (χ4v) is 5.14. The topological polar surface area (TPSA) is 133 Å². The number of hydrogen-bond acceptors (Lipinski definition) is 8. The van der Waals surface area contributed by atoms with E-state index in [4.69, 9.17) is 14.2 Å². The number of carbonyl (C=O) groups excluding carboxylic acids is 3. The van der Waals surface area contributed by atoms with Crippen LogP contribution in [0.2, 0.25) is 0 Å². The molecule has 0 spiro atoms. The Hall–Kier alpha value is -4.80. The van der Waals surface area contributed by atoms with Crippen molar-refractivity contribution in [2.45, 2.75) is 11.5 Å². The maximum absolute atomic E-state index is 12.8. The lowest BCUT2D eigenvalue weighted by Gasteiger charge is -2.17. The summed E-state index contributed by atoms with van der Waals surface area (Å²) in [6.07, 6.45) is 0. The molecule has 0 heterocycles. The molecule has 1 N–H and O–H groups in total. The Morgan fingerprint density at radius 1 is 0.700 bits per heavy atom. The Kier molecular flexibility index (Phi) is 8.42. The zero-order chi connectivity index (χ0) is 28.9. The van der Waals surface area contributed by atoms with Gasteiger partial charge in [-0.15, -0.1) is 0 Å². The second-order valence-corrected chi connectivity index (χ2v) is 9.98. The van der Waals surface area contributed by atoms with Crippen molar-refractivity contribution in [3.8, 4) is 33.4 Å². The minimum Gasteiger partial charge on any atom is -0.465 e. The summed E-state index contributed by atoms with van der Waals surface area (Å²) >= 11 is 0. The first-order valence-corrected chi connectivity index (χ1v) is 13.3. The third-order valence-corrected chi connectivity index (χ3v) is 7.14. The van der Waals surface area contributed by atoms with Gasteiger partial charge in [0, 0.05) is 11.1 Å². The first kappa shape index (κ1) is 28.2. The van der Waals surface area contributed by atoms with Gasteiger partial charge in [-0.1, -0.05) is 48.5 Å². The molecule has 0 radical (unpaired) electrons. The highest BCUT2D eigenvalue weighted by Gasteiger charge is 2.24. The fraction of sp³-hybridized carbons (Fsp3) is 0.100. The van der Waals surface area contributed by atoms with Crippen molar-refractivity contribution in [2.75, 3.05) is 14.2 Å². The standard InChI is InChI=1S/C30H24O9S/c1-37-29(32)23-11-7-20(8-12-23)25-15-26(21-5-3-19(4-6-21)17-39-18-31)28(40(34,35)36)27(16-25)22-9-13-24(14-10-22)30(33)38-2/h3-16,18H,17H2,1-2H3,(H,34,35,36). The predicted octanol–water partition coefficient (Wildman–Crippen LogP) is 5.18. The Labute approximate surface area is 230 Å². The van der Waals surface area contributed by atoms with Crippen LogP contribution in [0.3, 0.4) is 0 Å². The van der Waals surface area contributed by atoms with Gasteiger partial charge in [-0.2, -0.15) is 8.42 Å². The second kappa shape index (κ2) is 11.9. The molecule has 0 unspecified atom stereocenters. The van der Waals surface area contributed by atoms with E-state index in [0.717, 1.165) is 0 Å². The number of methoxy groups -OCH3 is 2. The first-order valence-electron chi connectivity index (χ1n) is 11.8. The number of esters is 2. The van der Waals surface area contributed by atoms with E-state index in [1.54, 1.807) is 72.8 Å². The summed E-state index contributed by atoms with van der Waals surface area (Å²) in [7, 11) is -2.22. The highest BCUT2D eigenvalue weighted by atomic mass is 32.2. The van der Waals surface area contributed by atoms with Crippen LogP contribution in [0.5, 0.6) is 0 Å². The molecule has 10 heteroatoms. The average molecular weight is 561 g/mol. The molecule has 0 saturated carbocycles. The van der Waals surface area contributed by atoms with E-state index in [2.05, 4.69) is 0 Å². The van der Waals surface area contributed by atoms with E-state index in [9.17, 15) is 27.4 Å². The lowest BCUT2D eigenvalue weighted by Crippen LogP contribution is -2.05. The maximum atomic E-state index is 12.8. The summed E-state index contributed by atoms with van der Waals surface area (Å²) in [4.78, 5) is 34.1. The highest BCUT2D eigenvalue weighted by molar-refractivity contribution is 7.86. The van der Waals surface area contributed by atoms with Gasteiger partial charge in [0.05, 0.1) is 25.3 Å². The Morgan fingerprint density at radius 3 is 1.52 bits per heavy atom. The molecule has 9 nitrogen and oxygen atoms in total. The monoisotopic (exact) mass is 560 g/mol. The fourth-order valence-electron chi connectivity index (χ4n) is 4.23. The zero-order valence-electron chi connectivity index (χ0n) is 21.5. The Balaban J connectivity index is 1.96. The molecule has 0 amide bonds. The smallest absolute Gasteiger partial charge is 0.337 e. The molecule has 0 saturated heterocycles. The maximum Gasteiger partial charge on any atom is 0.337 e. The Morgan fingerprint density at radius 2 is 1.12 bits per heavy atom. The van der Waals surface area contributed by atoms with Gasteiger partial charge in [0.1, 0.15) is 11.5 Å². The normalized spacial score (nSPS) is 11.0. The van der Waals surface area contributed by atoms with Crippen molar-refractivity contribution in [3.05, 3.63) is 102 Å². The molecule has 0 aromatic heterocycles. The van der Waals surface area contributed by atoms with Crippen LogP contribution in [0.25, 0.3) is 33.4 Å². The Bertz CT molecular complexity index is 1660. The van der Waals surface area contributed by atoms with Crippen LogP contribution >= 0.6 is 0 Å². The average Bonchev–Trinajstić information content (AvgIpc) is 2.98. The van der Waals surface area contributed by atoms with Crippen LogP contribution in [-0.2, 0) is 35.7 Å². The van der Waals surface area contributed by atoms with Crippen LogP contribution < -0.4 is 0 Å². The van der Waals surface area contributed by atoms with E-state index in [-0.39, 0.29) is 28.2 Å². The summed E-state index contributed by atoms with van der Waals surface area (Å²) in [6.45, 7) is 0.371. The molecule has 4 rings (SSSR count). The second-order valence-electron chi connectivity index (χ2n) is 8.62. The lowest BCUT2D eigenvalue weighted by atomic mass is 9.92. The molecule has 40 heavy (non-hydrogen) atoms. The summed E-state index contributed by atoms with van der Waals surface area (Å²) in [5.41, 5.74) is 3.85. The van der Waals surface area contributed by atoms with E-state index in [1.807, 2.05) is 0 Å². The molecule has 0 bridgehead atoms. The molecule has 0 aliphatic rings. The molecule has 4 aromatic rings. The molecule has 0 aliphatic carbocycles. The van der Waals surface area contributed by atoms with E-state index >= 15 is 0 Å². The first-order chi connectivity index (χ1) is 19.2. The van der Waals surface area contributed by atoms with Gasteiger partial charge >= 0.3 is 11.9 Å². The molecule has 0 atom stereocenters. The highest BCUT2D eigenvalue weighted by Crippen LogP contribution is 2.40. The third-order valence-electron chi connectivity index (χ3n) is 6.19. The minimum absolute atomic E-state index is 0.0410. The molecule has 0 fully saturated rings. The zero-order valence-corrected chi connectivity index (χ0v) is 22.3. The number of ether oxygens (including phenoxy) is 3. The number of carbonyl (C=O) groups is 3. The van der Waals surface area contributed by atoms with Crippen molar-refractivity contribution < 1.29 is 41.6 Å². The van der Waals surface area contributed by atoms with Crippen molar-refractivity contribution in [1.29, 1.82) is 0 Å². The van der Waals surface area contributed by atoms with Crippen LogP contribution in [0.15, 0.2) is 89.8 Å². The minimum atomic E-state index is -4.76. The van der Waals surface area contributed by atoms with Gasteiger partial charge in [0.15, 0.2) is 0 Å². The number of hydrogen-bond donors (Lipinski definition) is 1. The predicted molar refractivity (Wildman–Crippen MR) is 146 cm³/mol. The van der Waals surface area contributed by atoms with E-state index in [1.165, 1.54) is 26.4 Å². The summed E-state index contributed by atoms with van der Waals surface area (Å²) < 4.78 is 50.3. The lowest BCUT2D eigenvalue weighted by molar-refractivity contribution is -0.129.